The van der Waals surface area contributed by atoms with Crippen LogP contribution in [0.4, 0.5) is 5.13 Å². The van der Waals surface area contributed by atoms with Crippen LogP contribution in [0, 0.1) is 0 Å². The average molecular weight is 435 g/mol. The second-order valence-corrected chi connectivity index (χ2v) is 7.44. The van der Waals surface area contributed by atoms with Crippen LogP contribution in [-0.4, -0.2) is 31.7 Å². The van der Waals surface area contributed by atoms with E-state index in [1.165, 1.54) is 11.3 Å². The molecule has 0 saturated carbocycles. The number of amides is 1. The lowest BCUT2D eigenvalue weighted by molar-refractivity contribution is -0.117. The first-order chi connectivity index (χ1) is 12.6. The normalized spacial score (nSPS) is 10.8. The third kappa shape index (κ3) is 3.68. The number of rotatable bonds is 6. The lowest BCUT2D eigenvalue weighted by Crippen LogP contribution is -2.32. The Labute approximate surface area is 164 Å². The van der Waals surface area contributed by atoms with Crippen LogP contribution in [0.1, 0.15) is 12.5 Å². The molecule has 2 aromatic carbocycles. The summed E-state index contributed by atoms with van der Waals surface area (Å²) < 4.78 is 12.5. The van der Waals surface area contributed by atoms with Crippen molar-refractivity contribution in [3.8, 4) is 11.5 Å². The maximum absolute atomic E-state index is 12.9. The molecular weight excluding hydrogens is 416 g/mol. The molecule has 0 aliphatic rings. The fraction of sp³-hybridized carbons (Fsp3) is 0.263. The Balaban J connectivity index is 1.88. The molecule has 0 spiro atoms. The van der Waals surface area contributed by atoms with Gasteiger partial charge in [-0.1, -0.05) is 39.4 Å². The fourth-order valence-electron chi connectivity index (χ4n) is 2.68. The van der Waals surface area contributed by atoms with Crippen LogP contribution in [0.15, 0.2) is 40.9 Å². The van der Waals surface area contributed by atoms with Crippen molar-refractivity contribution < 1.29 is 14.3 Å². The molecule has 1 aromatic heterocycles. The summed E-state index contributed by atoms with van der Waals surface area (Å²) in [6, 6.07) is 11.5. The molecule has 3 aromatic rings. The number of thiazole rings is 1. The molecule has 1 heterocycles. The van der Waals surface area contributed by atoms with Gasteiger partial charge in [0.05, 0.1) is 30.9 Å². The zero-order valence-corrected chi connectivity index (χ0v) is 17.2. The Kier molecular flexibility index (Phi) is 5.78. The SMILES string of the molecule is CCN(C(=O)Cc1cc(OC)c(OC)cc1Br)c1nc2ccccc2s1. The van der Waals surface area contributed by atoms with Crippen LogP contribution in [0.2, 0.25) is 0 Å². The van der Waals surface area contributed by atoms with Crippen molar-refractivity contribution >= 4 is 48.5 Å². The molecule has 136 valence electrons. The van der Waals surface area contributed by atoms with Gasteiger partial charge in [0, 0.05) is 11.0 Å². The number of para-hydroxylation sites is 1. The van der Waals surface area contributed by atoms with Gasteiger partial charge in [-0.15, -0.1) is 0 Å². The number of benzene rings is 2. The van der Waals surface area contributed by atoms with E-state index in [0.717, 1.165) is 25.4 Å². The summed E-state index contributed by atoms with van der Waals surface area (Å²) in [6.07, 6.45) is 0.241. The first-order valence-electron chi connectivity index (χ1n) is 8.13. The highest BCUT2D eigenvalue weighted by Crippen LogP contribution is 2.34. The lowest BCUT2D eigenvalue weighted by atomic mass is 10.1. The summed E-state index contributed by atoms with van der Waals surface area (Å²) in [4.78, 5) is 19.2. The third-order valence-corrected chi connectivity index (χ3v) is 5.82. The van der Waals surface area contributed by atoms with Gasteiger partial charge in [0.2, 0.25) is 5.91 Å². The first kappa shape index (κ1) is 18.7. The molecular formula is C19H19BrN2O3S. The topological polar surface area (TPSA) is 51.7 Å². The highest BCUT2D eigenvalue weighted by molar-refractivity contribution is 9.10. The maximum Gasteiger partial charge on any atom is 0.233 e. The zero-order valence-electron chi connectivity index (χ0n) is 14.8. The predicted octanol–water partition coefficient (Wildman–Crippen LogP) is 4.67. The van der Waals surface area contributed by atoms with Crippen LogP contribution in [-0.2, 0) is 11.2 Å². The third-order valence-electron chi connectivity index (χ3n) is 4.03. The molecule has 0 atom stereocenters. The summed E-state index contributed by atoms with van der Waals surface area (Å²) in [5.74, 6) is 1.20. The molecule has 0 N–H and O–H groups in total. The number of methoxy groups -OCH3 is 2. The van der Waals surface area contributed by atoms with E-state index in [-0.39, 0.29) is 12.3 Å². The zero-order chi connectivity index (χ0) is 18.7. The van der Waals surface area contributed by atoms with Gasteiger partial charge >= 0.3 is 0 Å². The average Bonchev–Trinajstić information content (AvgIpc) is 3.07. The Morgan fingerprint density at radius 3 is 2.54 bits per heavy atom. The van der Waals surface area contributed by atoms with E-state index in [1.54, 1.807) is 19.1 Å². The summed E-state index contributed by atoms with van der Waals surface area (Å²) in [6.45, 7) is 2.51. The predicted molar refractivity (Wildman–Crippen MR) is 109 cm³/mol. The molecule has 0 saturated heterocycles. The second kappa shape index (κ2) is 8.05. The summed E-state index contributed by atoms with van der Waals surface area (Å²) in [5.41, 5.74) is 1.75. The number of halogens is 1. The molecule has 0 aliphatic heterocycles. The molecule has 5 nitrogen and oxygen atoms in total. The number of hydrogen-bond donors (Lipinski definition) is 0. The van der Waals surface area contributed by atoms with Gasteiger partial charge in [-0.2, -0.15) is 0 Å². The minimum atomic E-state index is -0.0144. The van der Waals surface area contributed by atoms with Gasteiger partial charge in [0.25, 0.3) is 0 Å². The van der Waals surface area contributed by atoms with Crippen molar-refractivity contribution in [2.24, 2.45) is 0 Å². The van der Waals surface area contributed by atoms with Crippen molar-refractivity contribution in [2.45, 2.75) is 13.3 Å². The molecule has 0 radical (unpaired) electrons. The molecule has 7 heteroatoms. The van der Waals surface area contributed by atoms with Crippen LogP contribution in [0.25, 0.3) is 10.2 Å². The van der Waals surface area contributed by atoms with Gasteiger partial charge in [0.15, 0.2) is 16.6 Å². The Morgan fingerprint density at radius 1 is 1.19 bits per heavy atom. The molecule has 0 fully saturated rings. The van der Waals surface area contributed by atoms with Gasteiger partial charge in [-0.3, -0.25) is 9.69 Å². The Morgan fingerprint density at radius 2 is 1.88 bits per heavy atom. The number of carbonyl (C=O) groups is 1. The Hall–Kier alpha value is -2.12. The summed E-state index contributed by atoms with van der Waals surface area (Å²) in [5, 5.41) is 0.718. The van der Waals surface area contributed by atoms with E-state index in [2.05, 4.69) is 20.9 Å². The first-order valence-corrected chi connectivity index (χ1v) is 9.74. The van der Waals surface area contributed by atoms with Crippen LogP contribution < -0.4 is 14.4 Å². The quantitative estimate of drug-likeness (QED) is 0.565. The molecule has 3 rings (SSSR count). The second-order valence-electron chi connectivity index (χ2n) is 5.58. The molecule has 0 unspecified atom stereocenters. The minimum absolute atomic E-state index is 0.0144. The van der Waals surface area contributed by atoms with Crippen LogP contribution >= 0.6 is 27.3 Å². The van der Waals surface area contributed by atoms with Crippen LogP contribution in [0.3, 0.4) is 0 Å². The smallest absolute Gasteiger partial charge is 0.233 e. The van der Waals surface area contributed by atoms with Crippen molar-refractivity contribution in [2.75, 3.05) is 25.7 Å². The summed E-state index contributed by atoms with van der Waals surface area (Å²) >= 11 is 5.04. The number of hydrogen-bond acceptors (Lipinski definition) is 5. The Bertz CT molecular complexity index is 909. The molecule has 26 heavy (non-hydrogen) atoms. The van der Waals surface area contributed by atoms with E-state index >= 15 is 0 Å². The molecule has 0 bridgehead atoms. The minimum Gasteiger partial charge on any atom is -0.493 e. The number of ether oxygens (including phenoxy) is 2. The number of aromatic nitrogens is 1. The standard InChI is InChI=1S/C19H19BrN2O3S/c1-4-22(19-21-14-7-5-6-8-17(14)26-19)18(23)10-12-9-15(24-2)16(25-3)11-13(12)20/h5-9,11H,4,10H2,1-3H3. The number of anilines is 1. The number of fused-ring (bicyclic) bond motifs is 1. The van der Waals surface area contributed by atoms with Crippen molar-refractivity contribution in [1.82, 2.24) is 4.98 Å². The van der Waals surface area contributed by atoms with E-state index in [4.69, 9.17) is 9.47 Å². The fourth-order valence-corrected chi connectivity index (χ4v) is 4.19. The van der Waals surface area contributed by atoms with Gasteiger partial charge in [-0.05, 0) is 36.8 Å². The van der Waals surface area contributed by atoms with E-state index in [9.17, 15) is 4.79 Å². The van der Waals surface area contributed by atoms with Crippen molar-refractivity contribution in [3.63, 3.8) is 0 Å². The van der Waals surface area contributed by atoms with Crippen LogP contribution in [0.5, 0.6) is 11.5 Å². The van der Waals surface area contributed by atoms with E-state index in [1.807, 2.05) is 43.3 Å². The van der Waals surface area contributed by atoms with E-state index < -0.39 is 0 Å². The molecule has 0 aliphatic carbocycles. The summed E-state index contributed by atoms with van der Waals surface area (Å²) in [7, 11) is 3.16. The highest BCUT2D eigenvalue weighted by Gasteiger charge is 2.20. The van der Waals surface area contributed by atoms with Gasteiger partial charge in [0.1, 0.15) is 0 Å². The number of nitrogens with zero attached hydrogens (tertiary/aromatic N) is 2. The van der Waals surface area contributed by atoms with Crippen molar-refractivity contribution in [1.29, 1.82) is 0 Å². The lowest BCUT2D eigenvalue weighted by Gasteiger charge is -2.18. The number of likely N-dealkylation sites (N-methyl/N-ethyl adjacent to an activating group) is 1. The van der Waals surface area contributed by atoms with Crippen molar-refractivity contribution in [3.05, 3.63) is 46.4 Å². The highest BCUT2D eigenvalue weighted by atomic mass is 79.9. The number of carbonyl (C=O) groups excluding carboxylic acids is 1. The molecule has 1 amide bonds. The monoisotopic (exact) mass is 434 g/mol. The van der Waals surface area contributed by atoms with Gasteiger partial charge < -0.3 is 9.47 Å². The largest absolute Gasteiger partial charge is 0.493 e. The maximum atomic E-state index is 12.9. The van der Waals surface area contributed by atoms with Gasteiger partial charge in [-0.25, -0.2) is 4.98 Å². The van der Waals surface area contributed by atoms with E-state index in [0.29, 0.717) is 18.0 Å².